The van der Waals surface area contributed by atoms with Crippen molar-refractivity contribution in [3.8, 4) is 0 Å². The van der Waals surface area contributed by atoms with Gasteiger partial charge in [-0.3, -0.25) is 0 Å². The van der Waals surface area contributed by atoms with Crippen LogP contribution in [0.5, 0.6) is 0 Å². The lowest BCUT2D eigenvalue weighted by molar-refractivity contribution is 0.198. The van der Waals surface area contributed by atoms with E-state index >= 15 is 0 Å². The largest absolute Gasteiger partial charge is 0.381 e. The summed E-state index contributed by atoms with van der Waals surface area (Å²) >= 11 is 4.82. The average Bonchev–Trinajstić information content (AvgIpc) is 3.36. The first kappa shape index (κ1) is 20.1. The van der Waals surface area contributed by atoms with Crippen LogP contribution in [0, 0.1) is 0 Å². The van der Waals surface area contributed by atoms with Crippen LogP contribution in [0.4, 0.5) is 5.82 Å². The minimum atomic E-state index is 0.779. The normalized spacial score (nSPS) is 13.9. The van der Waals surface area contributed by atoms with E-state index in [2.05, 4.69) is 27.4 Å². The molecular formula is C23H25N3OS. The molecule has 3 aromatic rings. The molecule has 1 N–H and O–H groups in total. The minimum Gasteiger partial charge on any atom is -0.381 e. The van der Waals surface area contributed by atoms with Crippen molar-refractivity contribution in [2.75, 3.05) is 25.6 Å². The molecule has 0 aliphatic carbocycles. The fraction of sp³-hybridized carbons (Fsp3) is 0.217. The van der Waals surface area contributed by atoms with E-state index in [1.165, 1.54) is 12.8 Å². The number of aromatic nitrogens is 2. The van der Waals surface area contributed by atoms with Crippen LogP contribution in [-0.4, -0.2) is 30.2 Å². The van der Waals surface area contributed by atoms with E-state index in [1.807, 2.05) is 61.8 Å². The molecule has 0 bridgehead atoms. The van der Waals surface area contributed by atoms with Gasteiger partial charge in [-0.25, -0.2) is 9.97 Å². The second kappa shape index (κ2) is 10.6. The van der Waals surface area contributed by atoms with Crippen LogP contribution in [0.2, 0.25) is 0 Å². The van der Waals surface area contributed by atoms with E-state index in [-0.39, 0.29) is 0 Å². The van der Waals surface area contributed by atoms with Crippen LogP contribution in [0.25, 0.3) is 10.5 Å². The van der Waals surface area contributed by atoms with Crippen molar-refractivity contribution >= 4 is 28.9 Å². The highest BCUT2D eigenvalue weighted by atomic mass is 32.1. The highest BCUT2D eigenvalue weighted by Gasteiger charge is 2.15. The summed E-state index contributed by atoms with van der Waals surface area (Å²) in [5.41, 5.74) is 4.06. The summed E-state index contributed by atoms with van der Waals surface area (Å²) in [7, 11) is 1.86. The van der Waals surface area contributed by atoms with Crippen molar-refractivity contribution in [3.63, 3.8) is 0 Å². The van der Waals surface area contributed by atoms with Crippen LogP contribution >= 0.6 is 12.6 Å². The number of benzene rings is 2. The Morgan fingerprint density at radius 3 is 2.07 bits per heavy atom. The SMILES string of the molecule is C1CCOC1.CNc1ncncc1/C(=C(\S)c1ccccc1)c1ccccc1. The van der Waals surface area contributed by atoms with Gasteiger partial charge in [-0.1, -0.05) is 60.7 Å². The molecule has 0 saturated carbocycles. The van der Waals surface area contributed by atoms with Crippen molar-refractivity contribution in [1.29, 1.82) is 0 Å². The summed E-state index contributed by atoms with van der Waals surface area (Å²) in [5, 5.41) is 3.13. The first-order valence-corrected chi connectivity index (χ1v) is 9.86. The molecule has 2 heterocycles. The Morgan fingerprint density at radius 1 is 0.929 bits per heavy atom. The van der Waals surface area contributed by atoms with Crippen molar-refractivity contribution in [3.05, 3.63) is 89.9 Å². The number of thiol groups is 1. The number of rotatable bonds is 4. The second-order valence-electron chi connectivity index (χ2n) is 6.31. The molecule has 5 heteroatoms. The molecule has 1 fully saturated rings. The molecule has 1 saturated heterocycles. The molecule has 1 aliphatic rings. The Labute approximate surface area is 172 Å². The van der Waals surface area contributed by atoms with Gasteiger partial charge in [0.1, 0.15) is 12.1 Å². The fourth-order valence-electron chi connectivity index (χ4n) is 2.99. The molecule has 4 nitrogen and oxygen atoms in total. The summed E-state index contributed by atoms with van der Waals surface area (Å²) in [6, 6.07) is 20.3. The summed E-state index contributed by atoms with van der Waals surface area (Å²) in [6.45, 7) is 2.00. The highest BCUT2D eigenvalue weighted by molar-refractivity contribution is 7.90. The van der Waals surface area contributed by atoms with Crippen molar-refractivity contribution < 1.29 is 4.74 Å². The summed E-state index contributed by atoms with van der Waals surface area (Å²) in [4.78, 5) is 9.42. The number of nitrogens with zero attached hydrogens (tertiary/aromatic N) is 2. The molecule has 0 spiro atoms. The quantitative estimate of drug-likeness (QED) is 0.476. The van der Waals surface area contributed by atoms with Gasteiger partial charge in [0, 0.05) is 42.5 Å². The molecule has 2 aromatic carbocycles. The average molecular weight is 392 g/mol. The summed E-state index contributed by atoms with van der Waals surface area (Å²) in [6.07, 6.45) is 5.92. The smallest absolute Gasteiger partial charge is 0.137 e. The lowest BCUT2D eigenvalue weighted by Gasteiger charge is -2.15. The molecule has 4 rings (SSSR count). The summed E-state index contributed by atoms with van der Waals surface area (Å²) in [5.74, 6) is 0.779. The van der Waals surface area contributed by atoms with E-state index < -0.39 is 0 Å². The third-order valence-electron chi connectivity index (χ3n) is 4.39. The predicted molar refractivity (Wildman–Crippen MR) is 119 cm³/mol. The van der Waals surface area contributed by atoms with E-state index in [0.29, 0.717) is 0 Å². The lowest BCUT2D eigenvalue weighted by Crippen LogP contribution is -2.01. The maximum Gasteiger partial charge on any atom is 0.137 e. The summed E-state index contributed by atoms with van der Waals surface area (Å²) < 4.78 is 4.94. The van der Waals surface area contributed by atoms with Gasteiger partial charge < -0.3 is 10.1 Å². The second-order valence-corrected chi connectivity index (χ2v) is 6.76. The van der Waals surface area contributed by atoms with Crippen molar-refractivity contribution in [1.82, 2.24) is 9.97 Å². The van der Waals surface area contributed by atoms with E-state index in [1.54, 1.807) is 6.33 Å². The highest BCUT2D eigenvalue weighted by Crippen LogP contribution is 2.36. The molecular weight excluding hydrogens is 366 g/mol. The van der Waals surface area contributed by atoms with Gasteiger partial charge in [0.15, 0.2) is 0 Å². The van der Waals surface area contributed by atoms with Crippen LogP contribution in [0.15, 0.2) is 73.2 Å². The molecule has 0 radical (unpaired) electrons. The van der Waals surface area contributed by atoms with Gasteiger partial charge in [0.05, 0.1) is 0 Å². The predicted octanol–water partition coefficient (Wildman–Crippen LogP) is 5.16. The Hall–Kier alpha value is -2.63. The van der Waals surface area contributed by atoms with Crippen LogP contribution in [0.3, 0.4) is 0 Å². The number of ether oxygens (including phenoxy) is 1. The van der Waals surface area contributed by atoms with Crippen molar-refractivity contribution in [2.45, 2.75) is 12.8 Å². The fourth-order valence-corrected chi connectivity index (χ4v) is 3.39. The monoisotopic (exact) mass is 391 g/mol. The van der Waals surface area contributed by atoms with Gasteiger partial charge in [-0.05, 0) is 24.0 Å². The van der Waals surface area contributed by atoms with Crippen LogP contribution < -0.4 is 5.32 Å². The third-order valence-corrected chi connectivity index (χ3v) is 4.87. The number of nitrogens with one attached hydrogen (secondary N) is 1. The zero-order valence-corrected chi connectivity index (χ0v) is 16.9. The first-order chi connectivity index (χ1) is 13.8. The molecule has 1 aromatic heterocycles. The Bertz CT molecular complexity index is 886. The van der Waals surface area contributed by atoms with E-state index in [4.69, 9.17) is 17.4 Å². The standard InChI is InChI=1S/C19H17N3S.C4H8O/c1-20-19-16(12-21-13-22-19)17(14-8-4-2-5-9-14)18(23)15-10-6-3-7-11-15;1-2-4-5-3-1/h2-13,23H,1H3,(H,20,21,22);1-4H2/b18-17-;. The molecule has 0 atom stereocenters. The number of hydrogen-bond donors (Lipinski definition) is 2. The first-order valence-electron chi connectivity index (χ1n) is 9.41. The van der Waals surface area contributed by atoms with Gasteiger partial charge in [-0.2, -0.15) is 0 Å². The maximum atomic E-state index is 4.94. The van der Waals surface area contributed by atoms with Crippen molar-refractivity contribution in [2.24, 2.45) is 0 Å². The molecule has 144 valence electrons. The zero-order chi connectivity index (χ0) is 19.6. The molecule has 1 aliphatic heterocycles. The van der Waals surface area contributed by atoms with Crippen LogP contribution in [-0.2, 0) is 4.74 Å². The minimum absolute atomic E-state index is 0.779. The maximum absolute atomic E-state index is 4.94. The Kier molecular flexibility index (Phi) is 7.64. The Balaban J connectivity index is 0.000000391. The number of hydrogen-bond acceptors (Lipinski definition) is 5. The Morgan fingerprint density at radius 2 is 1.54 bits per heavy atom. The molecule has 0 amide bonds. The number of anilines is 1. The molecule has 28 heavy (non-hydrogen) atoms. The van der Waals surface area contributed by atoms with Gasteiger partial charge in [0.2, 0.25) is 0 Å². The third kappa shape index (κ3) is 5.21. The topological polar surface area (TPSA) is 47.0 Å². The van der Waals surface area contributed by atoms with Gasteiger partial charge in [-0.15, -0.1) is 12.6 Å². The van der Waals surface area contributed by atoms with Gasteiger partial charge in [0.25, 0.3) is 0 Å². The molecule has 0 unspecified atom stereocenters. The van der Waals surface area contributed by atoms with E-state index in [9.17, 15) is 0 Å². The van der Waals surface area contributed by atoms with E-state index in [0.717, 1.165) is 46.2 Å². The van der Waals surface area contributed by atoms with Crippen LogP contribution in [0.1, 0.15) is 29.5 Å². The zero-order valence-electron chi connectivity index (χ0n) is 16.0. The lowest BCUT2D eigenvalue weighted by atomic mass is 9.96. The van der Waals surface area contributed by atoms with Gasteiger partial charge >= 0.3 is 0 Å².